The smallest absolute Gasteiger partial charge is 0.352 e. The molecule has 2 aromatic rings. The molecule has 17 heavy (non-hydrogen) atoms. The SMILES string of the molecule is O=C(O)c1cc([N+](=O)[O-])c(-c2ccccc2)[nH]1. The molecule has 86 valence electrons. The van der Waals surface area contributed by atoms with Gasteiger partial charge in [-0.3, -0.25) is 10.1 Å². The van der Waals surface area contributed by atoms with E-state index in [2.05, 4.69) is 4.98 Å². The van der Waals surface area contributed by atoms with Crippen LogP contribution in [-0.2, 0) is 0 Å². The third-order valence-corrected chi connectivity index (χ3v) is 2.29. The minimum absolute atomic E-state index is 0.199. The van der Waals surface area contributed by atoms with Gasteiger partial charge in [0, 0.05) is 11.6 Å². The van der Waals surface area contributed by atoms with E-state index < -0.39 is 10.9 Å². The predicted molar refractivity (Wildman–Crippen MR) is 59.8 cm³/mol. The number of aromatic carboxylic acids is 1. The van der Waals surface area contributed by atoms with Crippen molar-refractivity contribution in [3.05, 3.63) is 52.2 Å². The highest BCUT2D eigenvalue weighted by atomic mass is 16.6. The number of hydrogen-bond acceptors (Lipinski definition) is 3. The molecule has 0 aliphatic rings. The third kappa shape index (κ3) is 2.00. The van der Waals surface area contributed by atoms with E-state index in [-0.39, 0.29) is 17.1 Å². The molecular weight excluding hydrogens is 224 g/mol. The second kappa shape index (κ2) is 4.09. The van der Waals surface area contributed by atoms with Gasteiger partial charge in [-0.25, -0.2) is 4.79 Å². The molecule has 0 saturated carbocycles. The second-order valence-electron chi connectivity index (χ2n) is 3.37. The first kappa shape index (κ1) is 10.9. The standard InChI is InChI=1S/C11H8N2O4/c14-11(15)8-6-9(13(16)17)10(12-8)7-4-2-1-3-5-7/h1-6,12H,(H,14,15). The van der Waals surface area contributed by atoms with Crippen LogP contribution in [-0.4, -0.2) is 21.0 Å². The number of carboxylic acid groups (broad SMARTS) is 1. The number of carboxylic acids is 1. The molecule has 1 heterocycles. The predicted octanol–water partition coefficient (Wildman–Crippen LogP) is 2.29. The number of nitrogens with one attached hydrogen (secondary N) is 1. The molecular formula is C11H8N2O4. The molecule has 1 aromatic carbocycles. The van der Waals surface area contributed by atoms with Gasteiger partial charge in [0.1, 0.15) is 11.4 Å². The second-order valence-corrected chi connectivity index (χ2v) is 3.37. The molecule has 0 radical (unpaired) electrons. The minimum atomic E-state index is -1.23. The topological polar surface area (TPSA) is 96.2 Å². The van der Waals surface area contributed by atoms with Crippen LogP contribution in [0.4, 0.5) is 5.69 Å². The number of aromatic nitrogens is 1. The molecule has 0 fully saturated rings. The molecule has 0 aliphatic carbocycles. The Balaban J connectivity index is 2.60. The summed E-state index contributed by atoms with van der Waals surface area (Å²) < 4.78 is 0. The van der Waals surface area contributed by atoms with Crippen LogP contribution in [0.3, 0.4) is 0 Å². The Labute approximate surface area is 95.7 Å². The largest absolute Gasteiger partial charge is 0.477 e. The minimum Gasteiger partial charge on any atom is -0.477 e. The van der Waals surface area contributed by atoms with Crippen LogP contribution in [0.2, 0.25) is 0 Å². The van der Waals surface area contributed by atoms with Gasteiger partial charge in [0.2, 0.25) is 0 Å². The lowest BCUT2D eigenvalue weighted by Gasteiger charge is -1.97. The Morgan fingerprint density at radius 1 is 1.29 bits per heavy atom. The van der Waals surface area contributed by atoms with E-state index in [9.17, 15) is 14.9 Å². The Morgan fingerprint density at radius 2 is 1.94 bits per heavy atom. The summed E-state index contributed by atoms with van der Waals surface area (Å²) in [5.41, 5.74) is 0.337. The lowest BCUT2D eigenvalue weighted by molar-refractivity contribution is -0.384. The summed E-state index contributed by atoms with van der Waals surface area (Å²) in [7, 11) is 0. The Hall–Kier alpha value is -2.63. The fourth-order valence-electron chi connectivity index (χ4n) is 1.53. The number of nitro groups is 1. The number of benzene rings is 1. The fraction of sp³-hybridized carbons (Fsp3) is 0. The highest BCUT2D eigenvalue weighted by Gasteiger charge is 2.22. The molecule has 6 nitrogen and oxygen atoms in total. The average molecular weight is 232 g/mol. The first-order chi connectivity index (χ1) is 8.09. The van der Waals surface area contributed by atoms with Crippen LogP contribution in [0.15, 0.2) is 36.4 Å². The van der Waals surface area contributed by atoms with Gasteiger partial charge in [0.15, 0.2) is 0 Å². The van der Waals surface area contributed by atoms with E-state index in [0.29, 0.717) is 5.56 Å². The molecule has 0 unspecified atom stereocenters. The van der Waals surface area contributed by atoms with Crippen LogP contribution in [0.1, 0.15) is 10.5 Å². The molecule has 0 aliphatic heterocycles. The summed E-state index contributed by atoms with van der Waals surface area (Å²) in [6.07, 6.45) is 0. The van der Waals surface area contributed by atoms with E-state index in [0.717, 1.165) is 6.07 Å². The van der Waals surface area contributed by atoms with Crippen molar-refractivity contribution in [2.45, 2.75) is 0 Å². The summed E-state index contributed by atoms with van der Waals surface area (Å²) in [5, 5.41) is 19.6. The van der Waals surface area contributed by atoms with Crippen molar-refractivity contribution < 1.29 is 14.8 Å². The number of carbonyl (C=O) groups is 1. The zero-order valence-corrected chi connectivity index (χ0v) is 8.58. The van der Waals surface area contributed by atoms with E-state index in [1.165, 1.54) is 0 Å². The molecule has 2 N–H and O–H groups in total. The maximum absolute atomic E-state index is 10.8. The van der Waals surface area contributed by atoms with Gasteiger partial charge in [0.25, 0.3) is 5.69 Å². The van der Waals surface area contributed by atoms with Crippen molar-refractivity contribution in [2.24, 2.45) is 0 Å². The molecule has 2 rings (SSSR count). The quantitative estimate of drug-likeness (QED) is 0.626. The van der Waals surface area contributed by atoms with Gasteiger partial charge in [0.05, 0.1) is 4.92 Å². The Kier molecular flexibility index (Phi) is 2.61. The fourth-order valence-corrected chi connectivity index (χ4v) is 1.53. The number of aromatic amines is 1. The van der Waals surface area contributed by atoms with Crippen molar-refractivity contribution in [2.75, 3.05) is 0 Å². The highest BCUT2D eigenvalue weighted by Crippen LogP contribution is 2.29. The number of rotatable bonds is 3. The van der Waals surface area contributed by atoms with Crippen molar-refractivity contribution in [3.63, 3.8) is 0 Å². The highest BCUT2D eigenvalue weighted by molar-refractivity contribution is 5.89. The molecule has 0 amide bonds. The normalized spacial score (nSPS) is 10.1. The molecule has 1 aromatic heterocycles. The lowest BCUT2D eigenvalue weighted by Crippen LogP contribution is -1.95. The van der Waals surface area contributed by atoms with Crippen LogP contribution in [0.25, 0.3) is 11.3 Å². The summed E-state index contributed by atoms with van der Waals surface area (Å²) in [4.78, 5) is 23.5. The van der Waals surface area contributed by atoms with Crippen LogP contribution in [0.5, 0.6) is 0 Å². The maximum Gasteiger partial charge on any atom is 0.352 e. The first-order valence-corrected chi connectivity index (χ1v) is 4.75. The van der Waals surface area contributed by atoms with Gasteiger partial charge < -0.3 is 10.1 Å². The zero-order valence-electron chi connectivity index (χ0n) is 8.58. The van der Waals surface area contributed by atoms with E-state index in [1.54, 1.807) is 30.3 Å². The summed E-state index contributed by atoms with van der Waals surface area (Å²) in [5.74, 6) is -1.23. The summed E-state index contributed by atoms with van der Waals surface area (Å²) in [6, 6.07) is 9.58. The van der Waals surface area contributed by atoms with Crippen molar-refractivity contribution in [3.8, 4) is 11.3 Å². The third-order valence-electron chi connectivity index (χ3n) is 2.29. The average Bonchev–Trinajstić information content (AvgIpc) is 2.75. The van der Waals surface area contributed by atoms with Crippen LogP contribution < -0.4 is 0 Å². The molecule has 0 bridgehead atoms. The molecule has 0 spiro atoms. The van der Waals surface area contributed by atoms with Crippen molar-refractivity contribution in [1.82, 2.24) is 4.98 Å². The van der Waals surface area contributed by atoms with Gasteiger partial charge in [-0.05, 0) is 0 Å². The maximum atomic E-state index is 10.8. The van der Waals surface area contributed by atoms with E-state index in [4.69, 9.17) is 5.11 Å². The van der Waals surface area contributed by atoms with Gasteiger partial charge in [-0.1, -0.05) is 30.3 Å². The van der Waals surface area contributed by atoms with Gasteiger partial charge in [-0.2, -0.15) is 0 Å². The summed E-state index contributed by atoms with van der Waals surface area (Å²) >= 11 is 0. The molecule has 0 saturated heterocycles. The van der Waals surface area contributed by atoms with Gasteiger partial charge >= 0.3 is 5.97 Å². The first-order valence-electron chi connectivity index (χ1n) is 4.75. The number of nitrogens with zero attached hydrogens (tertiary/aromatic N) is 1. The van der Waals surface area contributed by atoms with E-state index in [1.807, 2.05) is 0 Å². The van der Waals surface area contributed by atoms with Crippen molar-refractivity contribution >= 4 is 11.7 Å². The number of hydrogen-bond donors (Lipinski definition) is 2. The molecule has 6 heteroatoms. The van der Waals surface area contributed by atoms with Crippen LogP contribution in [0, 0.1) is 10.1 Å². The van der Waals surface area contributed by atoms with Crippen molar-refractivity contribution in [1.29, 1.82) is 0 Å². The lowest BCUT2D eigenvalue weighted by atomic mass is 10.1. The summed E-state index contributed by atoms with van der Waals surface area (Å²) in [6.45, 7) is 0. The number of H-pyrrole nitrogens is 1. The Morgan fingerprint density at radius 3 is 2.47 bits per heavy atom. The zero-order chi connectivity index (χ0) is 12.4. The Bertz CT molecular complexity index is 574. The van der Waals surface area contributed by atoms with Gasteiger partial charge in [-0.15, -0.1) is 0 Å². The molecule has 0 atom stereocenters. The van der Waals surface area contributed by atoms with E-state index >= 15 is 0 Å². The monoisotopic (exact) mass is 232 g/mol. The van der Waals surface area contributed by atoms with Crippen LogP contribution >= 0.6 is 0 Å².